The molecule has 2 aromatic rings. The Morgan fingerprint density at radius 1 is 1.48 bits per heavy atom. The summed E-state index contributed by atoms with van der Waals surface area (Å²) in [5.74, 6) is -0.766. The lowest BCUT2D eigenvalue weighted by molar-refractivity contribution is -0.138. The molecule has 2 rings (SSSR count). The molecule has 114 valence electrons. The normalized spacial score (nSPS) is 15.0. The predicted molar refractivity (Wildman–Crippen MR) is 76.0 cm³/mol. The van der Waals surface area contributed by atoms with Crippen molar-refractivity contribution in [3.8, 4) is 0 Å². The van der Waals surface area contributed by atoms with E-state index in [2.05, 4.69) is 9.97 Å². The van der Waals surface area contributed by atoms with Gasteiger partial charge in [0.1, 0.15) is 11.9 Å². The summed E-state index contributed by atoms with van der Waals surface area (Å²) in [4.78, 5) is 35.9. The number of benzene rings is 1. The molecule has 8 nitrogen and oxygen atoms in total. The van der Waals surface area contributed by atoms with E-state index in [4.69, 9.17) is 32.2 Å². The maximum atomic E-state index is 11.1. The Balaban J connectivity index is 2.32. The van der Waals surface area contributed by atoms with Gasteiger partial charge in [-0.25, -0.2) is 4.98 Å². The third-order valence-corrected chi connectivity index (χ3v) is 4.76. The van der Waals surface area contributed by atoms with Gasteiger partial charge in [-0.15, -0.1) is 11.6 Å². The molecule has 0 spiro atoms. The summed E-state index contributed by atoms with van der Waals surface area (Å²) in [6, 6.07) is 3.40. The van der Waals surface area contributed by atoms with Crippen molar-refractivity contribution in [2.45, 2.75) is 17.6 Å². The quantitative estimate of drug-likeness (QED) is 0.403. The van der Waals surface area contributed by atoms with Crippen molar-refractivity contribution >= 4 is 36.2 Å². The monoisotopic (exact) mass is 333 g/mol. The molecular formula is C11H13ClN3O5P. The number of hydrogen-bond donors (Lipinski definition) is 5. The largest absolute Gasteiger partial charge is 0.480 e. The van der Waals surface area contributed by atoms with Crippen molar-refractivity contribution in [2.24, 2.45) is 5.73 Å². The number of aromatic nitrogens is 2. The number of alkyl halides is 1. The van der Waals surface area contributed by atoms with Crippen LogP contribution in [0.25, 0.3) is 11.0 Å². The summed E-state index contributed by atoms with van der Waals surface area (Å²) in [6.45, 7) is 0. The SMILES string of the molecule is NC(Cc1nc2cc(C(Cl)P(=O)(O)O)ccc2[nH]1)C(=O)O. The van der Waals surface area contributed by atoms with Crippen molar-refractivity contribution in [1.82, 2.24) is 9.97 Å². The van der Waals surface area contributed by atoms with E-state index in [1.165, 1.54) is 12.1 Å². The average Bonchev–Trinajstić information content (AvgIpc) is 2.77. The summed E-state index contributed by atoms with van der Waals surface area (Å²) in [5.41, 5.74) is 6.68. The Kier molecular flexibility index (Phi) is 4.36. The van der Waals surface area contributed by atoms with Crippen LogP contribution in [0.15, 0.2) is 18.2 Å². The van der Waals surface area contributed by atoms with Crippen LogP contribution in [-0.2, 0) is 15.8 Å². The van der Waals surface area contributed by atoms with Crippen LogP contribution in [0.1, 0.15) is 16.5 Å². The number of nitrogens with two attached hydrogens (primary N) is 1. The lowest BCUT2D eigenvalue weighted by Crippen LogP contribution is -2.32. The molecule has 0 saturated carbocycles. The van der Waals surface area contributed by atoms with Crippen LogP contribution in [0.3, 0.4) is 0 Å². The molecule has 2 unspecified atom stereocenters. The van der Waals surface area contributed by atoms with Crippen molar-refractivity contribution in [3.05, 3.63) is 29.6 Å². The molecule has 1 aromatic heterocycles. The molecule has 6 N–H and O–H groups in total. The maximum Gasteiger partial charge on any atom is 0.347 e. The minimum atomic E-state index is -4.46. The van der Waals surface area contributed by atoms with Crippen molar-refractivity contribution in [2.75, 3.05) is 0 Å². The van der Waals surface area contributed by atoms with Gasteiger partial charge < -0.3 is 25.6 Å². The highest BCUT2D eigenvalue weighted by molar-refractivity contribution is 7.54. The number of fused-ring (bicyclic) bond motifs is 1. The molecule has 21 heavy (non-hydrogen) atoms. The zero-order chi connectivity index (χ0) is 15.8. The molecule has 0 aliphatic heterocycles. The molecule has 0 fully saturated rings. The number of nitrogens with one attached hydrogen (secondary N) is 1. The van der Waals surface area contributed by atoms with Gasteiger partial charge in [0.15, 0.2) is 5.12 Å². The molecule has 0 aliphatic rings. The Morgan fingerprint density at radius 2 is 2.14 bits per heavy atom. The minimum Gasteiger partial charge on any atom is -0.480 e. The highest BCUT2D eigenvalue weighted by atomic mass is 35.5. The maximum absolute atomic E-state index is 11.1. The molecule has 0 radical (unpaired) electrons. The number of aliphatic carboxylic acids is 1. The van der Waals surface area contributed by atoms with Gasteiger partial charge in [0.2, 0.25) is 0 Å². The summed E-state index contributed by atoms with van der Waals surface area (Å²) < 4.78 is 11.1. The molecule has 0 bridgehead atoms. The first-order valence-corrected chi connectivity index (χ1v) is 7.96. The highest BCUT2D eigenvalue weighted by Gasteiger charge is 2.28. The average molecular weight is 334 g/mol. The molecule has 0 amide bonds. The van der Waals surface area contributed by atoms with Gasteiger partial charge in [-0.2, -0.15) is 0 Å². The number of imidazole rings is 1. The number of nitrogens with zero attached hydrogens (tertiary/aromatic N) is 1. The molecular weight excluding hydrogens is 321 g/mol. The van der Waals surface area contributed by atoms with E-state index in [-0.39, 0.29) is 12.0 Å². The van der Waals surface area contributed by atoms with E-state index in [9.17, 15) is 9.36 Å². The number of rotatable bonds is 5. The van der Waals surface area contributed by atoms with Crippen molar-refractivity contribution in [3.63, 3.8) is 0 Å². The van der Waals surface area contributed by atoms with Gasteiger partial charge >= 0.3 is 13.6 Å². The summed E-state index contributed by atoms with van der Waals surface area (Å²) in [7, 11) is -4.46. The van der Waals surface area contributed by atoms with Crippen LogP contribution in [0.2, 0.25) is 0 Å². The van der Waals surface area contributed by atoms with Gasteiger partial charge in [-0.3, -0.25) is 9.36 Å². The molecule has 0 saturated heterocycles. The minimum absolute atomic E-state index is 0.0160. The third kappa shape index (κ3) is 3.61. The summed E-state index contributed by atoms with van der Waals surface area (Å²) >= 11 is 5.72. The topological polar surface area (TPSA) is 150 Å². The Bertz CT molecular complexity index is 728. The molecule has 1 heterocycles. The molecule has 2 atom stereocenters. The van der Waals surface area contributed by atoms with E-state index >= 15 is 0 Å². The third-order valence-electron chi connectivity index (χ3n) is 2.86. The fraction of sp³-hybridized carbons (Fsp3) is 0.273. The van der Waals surface area contributed by atoms with Gasteiger partial charge in [0.05, 0.1) is 11.0 Å². The first-order valence-electron chi connectivity index (χ1n) is 5.84. The smallest absolute Gasteiger partial charge is 0.347 e. The highest BCUT2D eigenvalue weighted by Crippen LogP contribution is 2.54. The van der Waals surface area contributed by atoms with Gasteiger partial charge in [-0.05, 0) is 17.7 Å². The van der Waals surface area contributed by atoms with Crippen molar-refractivity contribution in [1.29, 1.82) is 0 Å². The number of carboxylic acid groups (broad SMARTS) is 1. The van der Waals surface area contributed by atoms with Crippen molar-refractivity contribution < 1.29 is 24.3 Å². The fourth-order valence-electron chi connectivity index (χ4n) is 1.81. The Morgan fingerprint density at radius 3 is 2.71 bits per heavy atom. The van der Waals surface area contributed by atoms with E-state index in [1.54, 1.807) is 6.07 Å². The number of hydrogen-bond acceptors (Lipinski definition) is 4. The van der Waals surface area contributed by atoms with Crippen LogP contribution in [0, 0.1) is 0 Å². The predicted octanol–water partition coefficient (Wildman–Crippen LogP) is 0.932. The summed E-state index contributed by atoms with van der Waals surface area (Å²) in [6.07, 6.45) is 0.0160. The number of carbonyl (C=O) groups is 1. The van der Waals surface area contributed by atoms with E-state index in [0.29, 0.717) is 16.9 Å². The molecule has 0 aliphatic carbocycles. The van der Waals surface area contributed by atoms with E-state index < -0.39 is 24.7 Å². The van der Waals surface area contributed by atoms with Crippen LogP contribution in [-0.4, -0.2) is 36.9 Å². The number of carboxylic acids is 1. The second-order valence-corrected chi connectivity index (χ2v) is 6.97. The fourth-order valence-corrected chi connectivity index (χ4v) is 2.50. The first-order chi connectivity index (χ1) is 9.68. The van der Waals surface area contributed by atoms with E-state index in [0.717, 1.165) is 0 Å². The second-order valence-electron chi connectivity index (χ2n) is 4.53. The van der Waals surface area contributed by atoms with Crippen LogP contribution < -0.4 is 5.73 Å². The second kappa shape index (κ2) is 5.75. The van der Waals surface area contributed by atoms with Gasteiger partial charge in [0, 0.05) is 6.42 Å². The zero-order valence-electron chi connectivity index (χ0n) is 10.6. The Labute approximate surface area is 124 Å². The van der Waals surface area contributed by atoms with Gasteiger partial charge in [-0.1, -0.05) is 6.07 Å². The molecule has 10 heteroatoms. The van der Waals surface area contributed by atoms with Gasteiger partial charge in [0.25, 0.3) is 0 Å². The standard InChI is InChI=1S/C11H13ClN3O5P/c12-10(21(18,19)20)5-1-2-7-8(3-5)15-9(14-7)4-6(13)11(16)17/h1-3,6,10H,4,13H2,(H,14,15)(H,16,17)(H2,18,19,20). The Hall–Kier alpha value is -1.44. The van der Waals surface area contributed by atoms with E-state index in [1.807, 2.05) is 0 Å². The number of H-pyrrole nitrogens is 1. The number of halogens is 1. The van der Waals surface area contributed by atoms with Crippen LogP contribution >= 0.6 is 19.2 Å². The lowest BCUT2D eigenvalue weighted by Gasteiger charge is -2.11. The van der Waals surface area contributed by atoms with Crippen LogP contribution in [0.4, 0.5) is 0 Å². The number of aromatic amines is 1. The lowest BCUT2D eigenvalue weighted by atomic mass is 10.2. The zero-order valence-corrected chi connectivity index (χ0v) is 12.3. The van der Waals surface area contributed by atoms with Crippen LogP contribution in [0.5, 0.6) is 0 Å². The molecule has 1 aromatic carbocycles. The summed E-state index contributed by atoms with van der Waals surface area (Å²) in [5, 5.41) is 7.30. The first kappa shape index (κ1) is 15.9.